The molecule has 246 valence electrons. The van der Waals surface area contributed by atoms with Gasteiger partial charge in [0.1, 0.15) is 18.0 Å². The summed E-state index contributed by atoms with van der Waals surface area (Å²) in [6, 6.07) is 6.05. The van der Waals surface area contributed by atoms with E-state index >= 15 is 0 Å². The molecule has 0 amide bonds. The van der Waals surface area contributed by atoms with E-state index in [0.717, 1.165) is 0 Å². The van der Waals surface area contributed by atoms with Gasteiger partial charge in [-0.3, -0.25) is 19.2 Å². The molecule has 0 bridgehead atoms. The van der Waals surface area contributed by atoms with Crippen LogP contribution in [0.1, 0.15) is 84.6 Å². The number of rotatable bonds is 17. The van der Waals surface area contributed by atoms with E-state index in [1.165, 1.54) is 24.3 Å². The zero-order valence-electron chi connectivity index (χ0n) is 25.8. The van der Waals surface area contributed by atoms with Gasteiger partial charge in [-0.1, -0.05) is 39.8 Å². The van der Waals surface area contributed by atoms with E-state index in [4.69, 9.17) is 34.2 Å². The van der Waals surface area contributed by atoms with Crippen LogP contribution in [0.5, 0.6) is 5.75 Å². The number of hydrogen-bond donors (Lipinski definition) is 1. The Labute approximate surface area is 257 Å². The summed E-state index contributed by atoms with van der Waals surface area (Å²) in [7, 11) is 0. The third-order valence-electron chi connectivity index (χ3n) is 6.56. The van der Waals surface area contributed by atoms with Gasteiger partial charge < -0.3 is 34.2 Å². The fourth-order valence-electron chi connectivity index (χ4n) is 4.30. The molecule has 1 aliphatic heterocycles. The number of carbonyl (C=O) groups is 5. The number of carbonyl (C=O) groups excluding carboxylic acids is 5. The van der Waals surface area contributed by atoms with Gasteiger partial charge in [0.2, 0.25) is 12.4 Å². The van der Waals surface area contributed by atoms with E-state index in [2.05, 4.69) is 0 Å². The maximum atomic E-state index is 14.3. The number of benzene rings is 1. The summed E-state index contributed by atoms with van der Waals surface area (Å²) in [4.78, 5) is 62.5. The molecule has 0 spiro atoms. The molecule has 0 radical (unpaired) electrons. The Bertz CT molecular complexity index is 1110. The van der Waals surface area contributed by atoms with E-state index in [1.807, 2.05) is 6.92 Å². The minimum atomic E-state index is -2.18. The number of alkyl halides is 1. The Kier molecular flexibility index (Phi) is 15.2. The number of nitrogens with two attached hydrogens (primary N) is 1. The molecule has 2 rings (SSSR count). The molecule has 0 saturated carbocycles. The largest absolute Gasteiger partial charge is 0.456 e. The minimum absolute atomic E-state index is 0.0118. The quantitative estimate of drug-likeness (QED) is 0.152. The van der Waals surface area contributed by atoms with Crippen molar-refractivity contribution in [3.05, 3.63) is 29.8 Å². The van der Waals surface area contributed by atoms with Crippen molar-refractivity contribution in [2.45, 2.75) is 116 Å². The Hall–Kier alpha value is -3.58. The fourth-order valence-corrected chi connectivity index (χ4v) is 4.30. The number of halogens is 1. The summed E-state index contributed by atoms with van der Waals surface area (Å²) in [6.45, 7) is 5.44. The molecule has 13 heteroatoms. The maximum absolute atomic E-state index is 14.3. The van der Waals surface area contributed by atoms with Crippen LogP contribution in [0.2, 0.25) is 0 Å². The van der Waals surface area contributed by atoms with Crippen molar-refractivity contribution >= 4 is 29.8 Å². The molecule has 2 N–H and O–H groups in total. The first-order chi connectivity index (χ1) is 21.0. The molecule has 1 saturated heterocycles. The van der Waals surface area contributed by atoms with Crippen LogP contribution in [0.15, 0.2) is 24.3 Å². The third-order valence-corrected chi connectivity index (χ3v) is 6.56. The average Bonchev–Trinajstić information content (AvgIpc) is 2.97. The summed E-state index contributed by atoms with van der Waals surface area (Å²) in [6.07, 6.45) is -3.68. The zero-order chi connectivity index (χ0) is 32.7. The predicted octanol–water partition coefficient (Wildman–Crippen LogP) is 3.64. The first-order valence-corrected chi connectivity index (χ1v) is 15.1. The summed E-state index contributed by atoms with van der Waals surface area (Å²) in [5, 5.41) is 0. The number of ether oxygens (including phenoxy) is 6. The first kappa shape index (κ1) is 36.6. The van der Waals surface area contributed by atoms with Crippen molar-refractivity contribution in [2.24, 2.45) is 5.73 Å². The van der Waals surface area contributed by atoms with Crippen LogP contribution in [-0.2, 0) is 54.1 Å². The third kappa shape index (κ3) is 11.2. The monoisotopic (exact) mass is 625 g/mol. The lowest BCUT2D eigenvalue weighted by Crippen LogP contribution is -2.61. The minimum Gasteiger partial charge on any atom is -0.456 e. The molecule has 5 atom stereocenters. The summed E-state index contributed by atoms with van der Waals surface area (Å²) < 4.78 is 47.3. The van der Waals surface area contributed by atoms with Gasteiger partial charge in [-0.05, 0) is 43.4 Å². The van der Waals surface area contributed by atoms with Crippen molar-refractivity contribution in [3.63, 3.8) is 0 Å². The lowest BCUT2D eigenvalue weighted by molar-refractivity contribution is -0.277. The smallest absolute Gasteiger partial charge is 0.331 e. The molecular formula is C31H44FNO11. The highest BCUT2D eigenvalue weighted by Gasteiger charge is 2.51. The highest BCUT2D eigenvalue weighted by atomic mass is 19.1. The van der Waals surface area contributed by atoms with Crippen molar-refractivity contribution in [1.82, 2.24) is 0 Å². The zero-order valence-corrected chi connectivity index (χ0v) is 25.8. The Morgan fingerprint density at radius 1 is 0.773 bits per heavy atom. The normalized spacial score (nSPS) is 21.0. The molecule has 44 heavy (non-hydrogen) atoms. The van der Waals surface area contributed by atoms with Gasteiger partial charge >= 0.3 is 29.8 Å². The second-order valence-corrected chi connectivity index (χ2v) is 10.6. The molecule has 1 aromatic carbocycles. The summed E-state index contributed by atoms with van der Waals surface area (Å²) in [5.74, 6) is -3.27. The molecule has 1 aliphatic rings. The van der Waals surface area contributed by atoms with E-state index in [-0.39, 0.29) is 44.5 Å². The lowest BCUT2D eigenvalue weighted by atomic mass is 9.93. The number of esters is 5. The molecule has 0 aliphatic carbocycles. The van der Waals surface area contributed by atoms with Crippen LogP contribution < -0.4 is 10.5 Å². The summed E-state index contributed by atoms with van der Waals surface area (Å²) >= 11 is 0. The van der Waals surface area contributed by atoms with Crippen LogP contribution in [0.3, 0.4) is 0 Å². The highest BCUT2D eigenvalue weighted by Crippen LogP contribution is 2.28. The number of hydrogen-bond acceptors (Lipinski definition) is 12. The van der Waals surface area contributed by atoms with E-state index in [0.29, 0.717) is 31.2 Å². The van der Waals surface area contributed by atoms with Crippen molar-refractivity contribution in [1.29, 1.82) is 0 Å². The predicted molar refractivity (Wildman–Crippen MR) is 154 cm³/mol. The molecule has 1 aromatic rings. The van der Waals surface area contributed by atoms with Crippen LogP contribution >= 0.6 is 0 Å². The first-order valence-electron chi connectivity index (χ1n) is 15.1. The van der Waals surface area contributed by atoms with Gasteiger partial charge in [0, 0.05) is 32.1 Å². The van der Waals surface area contributed by atoms with Crippen LogP contribution in [-0.4, -0.2) is 73.3 Å². The van der Waals surface area contributed by atoms with Crippen LogP contribution in [0.4, 0.5) is 4.39 Å². The van der Waals surface area contributed by atoms with E-state index < -0.39 is 66.7 Å². The lowest BCUT2D eigenvalue weighted by Gasteiger charge is -2.41. The second-order valence-electron chi connectivity index (χ2n) is 10.6. The fraction of sp³-hybridized carbons (Fsp3) is 0.645. The van der Waals surface area contributed by atoms with Crippen molar-refractivity contribution in [2.75, 3.05) is 13.3 Å². The van der Waals surface area contributed by atoms with Gasteiger partial charge in [0.25, 0.3) is 0 Å². The van der Waals surface area contributed by atoms with Crippen LogP contribution in [0, 0.1) is 0 Å². The van der Waals surface area contributed by atoms with Gasteiger partial charge in [-0.2, -0.15) is 0 Å². The SMILES string of the molecule is CCCC(=O)Oc1ccc(C[C@@](N)(CF)C(=O)O[C@@H]2OCC(OC(=O)CCC)[C@H](OC(=O)CCC)[C@H]2OC(=O)CCC)cc1. The molecule has 1 unspecified atom stereocenters. The Morgan fingerprint density at radius 2 is 1.27 bits per heavy atom. The maximum Gasteiger partial charge on any atom is 0.331 e. The second kappa shape index (κ2) is 18.3. The molecule has 12 nitrogen and oxygen atoms in total. The Balaban J connectivity index is 2.30. The topological polar surface area (TPSA) is 167 Å². The molecule has 1 heterocycles. The molecular weight excluding hydrogens is 581 g/mol. The highest BCUT2D eigenvalue weighted by molar-refractivity contribution is 5.81. The van der Waals surface area contributed by atoms with Gasteiger partial charge in [0.15, 0.2) is 12.2 Å². The van der Waals surface area contributed by atoms with Gasteiger partial charge in [-0.25, -0.2) is 9.18 Å². The summed E-state index contributed by atoms with van der Waals surface area (Å²) in [5.41, 5.74) is 4.44. The van der Waals surface area contributed by atoms with Crippen molar-refractivity contribution in [3.8, 4) is 5.75 Å². The molecule has 1 fully saturated rings. The Morgan fingerprint density at radius 3 is 1.80 bits per heavy atom. The standard InChI is InChI=1S/C31H44FNO11/c1-5-9-23(34)40-21-15-13-20(14-16-21)17-31(33,19-32)30(38)44-29-28(43-26(37)12-8-4)27(42-25(36)11-7-3)22(18-39-29)41-24(35)10-6-2/h13-16,22,27-29H,5-12,17-19,33H2,1-4H3/t22?,27-,28+,29-,31+/m0/s1. The molecule has 0 aromatic heterocycles. The average molecular weight is 626 g/mol. The van der Waals surface area contributed by atoms with E-state index in [9.17, 15) is 28.4 Å². The van der Waals surface area contributed by atoms with Gasteiger partial charge in [0.05, 0.1) is 6.61 Å². The van der Waals surface area contributed by atoms with Crippen LogP contribution in [0.25, 0.3) is 0 Å². The van der Waals surface area contributed by atoms with E-state index in [1.54, 1.807) is 20.8 Å². The van der Waals surface area contributed by atoms with Gasteiger partial charge in [-0.15, -0.1) is 0 Å². The van der Waals surface area contributed by atoms with Crippen molar-refractivity contribution < 1.29 is 56.8 Å².